The molecule has 0 unspecified atom stereocenters. The van der Waals surface area contributed by atoms with Crippen molar-refractivity contribution in [3.05, 3.63) is 28.0 Å². The smallest absolute Gasteiger partial charge is 0.264 e. The van der Waals surface area contributed by atoms with Crippen LogP contribution in [0.3, 0.4) is 0 Å². The maximum atomic E-state index is 13.8. The van der Waals surface area contributed by atoms with E-state index in [1.54, 1.807) is 6.92 Å². The molecule has 0 radical (unpaired) electrons. The Labute approximate surface area is 111 Å². The number of benzene rings is 1. The van der Waals surface area contributed by atoms with Gasteiger partial charge < -0.3 is 5.32 Å². The number of hydrogen-bond donors (Lipinski definition) is 1. The molecule has 0 aromatic heterocycles. The van der Waals surface area contributed by atoms with Gasteiger partial charge in [-0.25, -0.2) is 12.8 Å². The van der Waals surface area contributed by atoms with Crippen LogP contribution in [0.25, 0.3) is 0 Å². The minimum absolute atomic E-state index is 0.249. The Kier molecular flexibility index (Phi) is 4.51. The number of carbonyl (C=O) groups is 1. The van der Waals surface area contributed by atoms with Gasteiger partial charge in [0.2, 0.25) is 0 Å². The number of hydrogen-bond acceptors (Lipinski definition) is 3. The topological polar surface area (TPSA) is 63.2 Å². The first-order valence-electron chi connectivity index (χ1n) is 4.49. The number of nitrogens with one attached hydrogen (secondary N) is 1. The van der Waals surface area contributed by atoms with Crippen LogP contribution in [0.5, 0.6) is 0 Å². The summed E-state index contributed by atoms with van der Waals surface area (Å²) in [4.78, 5) is 10.8. The molecule has 0 aliphatic heterocycles. The average Bonchev–Trinajstić information content (AvgIpc) is 2.19. The Bertz CT molecular complexity index is 562. The van der Waals surface area contributed by atoms with Gasteiger partial charge in [-0.2, -0.15) is 0 Å². The third kappa shape index (κ3) is 3.40. The Morgan fingerprint density at radius 3 is 2.59 bits per heavy atom. The predicted molar refractivity (Wildman–Crippen MR) is 65.1 cm³/mol. The van der Waals surface area contributed by atoms with E-state index in [1.807, 2.05) is 0 Å². The maximum absolute atomic E-state index is 13.8. The standard InChI is InChI=1S/C9H8BrClFNO3S/c1-2-13-9(14)6-3-5(10)4-7(8(6)12)17(11,15)16/h3-4H,2H2,1H3,(H,13,14). The molecule has 0 aliphatic carbocycles. The van der Waals surface area contributed by atoms with E-state index >= 15 is 0 Å². The van der Waals surface area contributed by atoms with Gasteiger partial charge >= 0.3 is 0 Å². The molecule has 0 atom stereocenters. The molecule has 0 saturated carbocycles. The van der Waals surface area contributed by atoms with Gasteiger partial charge in [-0.15, -0.1) is 0 Å². The van der Waals surface area contributed by atoms with Gasteiger partial charge in [-0.1, -0.05) is 15.9 Å². The molecule has 1 N–H and O–H groups in total. The minimum Gasteiger partial charge on any atom is -0.352 e. The van der Waals surface area contributed by atoms with E-state index in [0.29, 0.717) is 6.54 Å². The number of rotatable bonds is 3. The Morgan fingerprint density at radius 1 is 1.53 bits per heavy atom. The van der Waals surface area contributed by atoms with Gasteiger partial charge in [0.25, 0.3) is 15.0 Å². The summed E-state index contributed by atoms with van der Waals surface area (Å²) in [6.45, 7) is 1.96. The van der Waals surface area contributed by atoms with Crippen LogP contribution in [-0.4, -0.2) is 20.9 Å². The van der Waals surface area contributed by atoms with E-state index in [-0.39, 0.29) is 10.0 Å². The van der Waals surface area contributed by atoms with Crippen LogP contribution < -0.4 is 5.32 Å². The second-order valence-electron chi connectivity index (χ2n) is 3.06. The average molecular weight is 345 g/mol. The number of halogens is 3. The summed E-state index contributed by atoms with van der Waals surface area (Å²) in [6.07, 6.45) is 0. The normalized spacial score (nSPS) is 11.3. The number of amides is 1. The van der Waals surface area contributed by atoms with Gasteiger partial charge in [-0.05, 0) is 19.1 Å². The first-order valence-corrected chi connectivity index (χ1v) is 7.59. The summed E-state index contributed by atoms with van der Waals surface area (Å²) in [5, 5.41) is 2.37. The maximum Gasteiger partial charge on any atom is 0.264 e. The molecule has 94 valence electrons. The first kappa shape index (κ1) is 14.4. The van der Waals surface area contributed by atoms with Crippen molar-refractivity contribution in [3.8, 4) is 0 Å². The molecule has 1 aromatic rings. The van der Waals surface area contributed by atoms with Crippen molar-refractivity contribution in [2.24, 2.45) is 0 Å². The largest absolute Gasteiger partial charge is 0.352 e. The summed E-state index contributed by atoms with van der Waals surface area (Å²) in [6, 6.07) is 2.19. The molecule has 4 nitrogen and oxygen atoms in total. The number of carbonyl (C=O) groups excluding carboxylic acids is 1. The molecule has 0 aliphatic rings. The Hall–Kier alpha value is -0.660. The molecule has 1 amide bonds. The summed E-state index contributed by atoms with van der Waals surface area (Å²) >= 11 is 2.99. The van der Waals surface area contributed by atoms with E-state index in [9.17, 15) is 17.6 Å². The lowest BCUT2D eigenvalue weighted by Crippen LogP contribution is -2.24. The van der Waals surface area contributed by atoms with E-state index in [2.05, 4.69) is 21.2 Å². The molecule has 17 heavy (non-hydrogen) atoms. The van der Waals surface area contributed by atoms with Crippen molar-refractivity contribution in [1.29, 1.82) is 0 Å². The second-order valence-corrected chi connectivity index (χ2v) is 6.51. The third-order valence-corrected chi connectivity index (χ3v) is 3.63. The van der Waals surface area contributed by atoms with E-state index in [4.69, 9.17) is 10.7 Å². The molecule has 8 heteroatoms. The van der Waals surface area contributed by atoms with Crippen LogP contribution in [0.15, 0.2) is 21.5 Å². The second kappa shape index (κ2) is 5.32. The highest BCUT2D eigenvalue weighted by atomic mass is 79.9. The molecule has 0 saturated heterocycles. The fourth-order valence-electron chi connectivity index (χ4n) is 1.16. The van der Waals surface area contributed by atoms with Crippen LogP contribution in [0, 0.1) is 5.82 Å². The molecule has 0 spiro atoms. The summed E-state index contributed by atoms with van der Waals surface area (Å²) in [7, 11) is 0.829. The van der Waals surface area contributed by atoms with Crippen molar-refractivity contribution in [3.63, 3.8) is 0 Å². The predicted octanol–water partition coefficient (Wildman–Crippen LogP) is 2.27. The zero-order valence-corrected chi connectivity index (χ0v) is 11.8. The van der Waals surface area contributed by atoms with Gasteiger partial charge in [0, 0.05) is 21.7 Å². The van der Waals surface area contributed by atoms with E-state index < -0.39 is 25.7 Å². The summed E-state index contributed by atoms with van der Waals surface area (Å²) in [5.41, 5.74) is -0.375. The fraction of sp³-hybridized carbons (Fsp3) is 0.222. The summed E-state index contributed by atoms with van der Waals surface area (Å²) < 4.78 is 36.2. The lowest BCUT2D eigenvalue weighted by molar-refractivity contribution is 0.0951. The van der Waals surface area contributed by atoms with Gasteiger partial charge in [0.15, 0.2) is 5.82 Å². The SMILES string of the molecule is CCNC(=O)c1cc(Br)cc(S(=O)(=O)Cl)c1F. The first-order chi connectivity index (χ1) is 7.77. The van der Waals surface area contributed by atoms with Gasteiger partial charge in [0.05, 0.1) is 5.56 Å². The Balaban J connectivity index is 3.44. The zero-order chi connectivity index (χ0) is 13.2. The van der Waals surface area contributed by atoms with Crippen molar-refractivity contribution in [2.45, 2.75) is 11.8 Å². The lowest BCUT2D eigenvalue weighted by Gasteiger charge is -2.07. The van der Waals surface area contributed by atoms with Crippen LogP contribution in [0.4, 0.5) is 4.39 Å². The van der Waals surface area contributed by atoms with Crippen molar-refractivity contribution < 1.29 is 17.6 Å². The molecule has 1 aromatic carbocycles. The van der Waals surface area contributed by atoms with Crippen molar-refractivity contribution in [2.75, 3.05) is 6.54 Å². The molecule has 0 heterocycles. The van der Waals surface area contributed by atoms with E-state index in [1.165, 1.54) is 6.07 Å². The van der Waals surface area contributed by atoms with E-state index in [0.717, 1.165) is 6.07 Å². The van der Waals surface area contributed by atoms with Gasteiger partial charge in [0.1, 0.15) is 4.90 Å². The minimum atomic E-state index is -4.24. The summed E-state index contributed by atoms with van der Waals surface area (Å²) in [5.74, 6) is -1.86. The molecule has 1 rings (SSSR count). The van der Waals surface area contributed by atoms with Gasteiger partial charge in [-0.3, -0.25) is 4.79 Å². The van der Waals surface area contributed by atoms with Crippen LogP contribution in [0.1, 0.15) is 17.3 Å². The third-order valence-electron chi connectivity index (χ3n) is 1.85. The highest BCUT2D eigenvalue weighted by Crippen LogP contribution is 2.26. The molecular weight excluding hydrogens is 337 g/mol. The lowest BCUT2D eigenvalue weighted by atomic mass is 10.2. The quantitative estimate of drug-likeness (QED) is 0.856. The molecular formula is C9H8BrClFNO3S. The highest BCUT2D eigenvalue weighted by molar-refractivity contribution is 9.10. The molecule has 0 fully saturated rings. The fourth-order valence-corrected chi connectivity index (χ4v) is 2.70. The zero-order valence-electron chi connectivity index (χ0n) is 8.63. The highest BCUT2D eigenvalue weighted by Gasteiger charge is 2.23. The molecule has 0 bridgehead atoms. The van der Waals surface area contributed by atoms with Crippen LogP contribution >= 0.6 is 26.6 Å². The van der Waals surface area contributed by atoms with Crippen molar-refractivity contribution in [1.82, 2.24) is 5.32 Å². The van der Waals surface area contributed by atoms with Crippen molar-refractivity contribution >= 4 is 41.6 Å². The Morgan fingerprint density at radius 2 is 2.12 bits per heavy atom. The monoisotopic (exact) mass is 343 g/mol. The van der Waals surface area contributed by atoms with Crippen LogP contribution in [0.2, 0.25) is 0 Å². The van der Waals surface area contributed by atoms with Crippen LogP contribution in [-0.2, 0) is 9.05 Å².